The highest BCUT2D eigenvalue weighted by Gasteiger charge is 2.34. The van der Waals surface area contributed by atoms with Gasteiger partial charge in [0.15, 0.2) is 5.65 Å². The summed E-state index contributed by atoms with van der Waals surface area (Å²) >= 11 is 0. The van der Waals surface area contributed by atoms with Gasteiger partial charge in [-0.05, 0) is 32.8 Å². The molecule has 1 atom stereocenters. The maximum atomic E-state index is 14.6. The maximum absolute atomic E-state index is 14.6. The minimum atomic E-state index is -1.63. The SMILES string of the molecule is CCC(O)(CC)C(F)CNC(=O)c1cnc(Nc2ccn3nccc3n2)cc1NCC(C)(C)F. The number of halogens is 2. The van der Waals surface area contributed by atoms with Crippen LogP contribution < -0.4 is 16.0 Å². The minimum absolute atomic E-state index is 0.0616. The molecule has 0 bridgehead atoms. The van der Waals surface area contributed by atoms with Gasteiger partial charge >= 0.3 is 0 Å². The first kappa shape index (κ1) is 25.3. The molecule has 1 unspecified atom stereocenters. The zero-order valence-corrected chi connectivity index (χ0v) is 19.8. The van der Waals surface area contributed by atoms with Gasteiger partial charge < -0.3 is 21.1 Å². The standard InChI is InChI=1S/C23H31F2N7O2/c1-5-23(34,6-2)17(24)13-27-21(33)15-12-26-19(11-16(15)28-14-22(3,4)25)30-18-8-10-32-20(31-18)7-9-29-32/h7-12,17,34H,5-6,13-14H2,1-4H3,(H,27,33)(H2,26,28,30,31). The number of amides is 1. The van der Waals surface area contributed by atoms with Gasteiger partial charge in [-0.15, -0.1) is 0 Å². The highest BCUT2D eigenvalue weighted by Crippen LogP contribution is 2.24. The number of aliphatic hydroxyl groups is 1. The van der Waals surface area contributed by atoms with Crippen LogP contribution in [0.5, 0.6) is 0 Å². The molecule has 0 saturated heterocycles. The van der Waals surface area contributed by atoms with Crippen LogP contribution in [0.1, 0.15) is 50.9 Å². The average Bonchev–Trinajstić information content (AvgIpc) is 3.28. The summed E-state index contributed by atoms with van der Waals surface area (Å²) in [7, 11) is 0. The summed E-state index contributed by atoms with van der Waals surface area (Å²) in [5.74, 6) is 0.296. The topological polar surface area (TPSA) is 116 Å². The largest absolute Gasteiger partial charge is 0.387 e. The van der Waals surface area contributed by atoms with E-state index in [1.165, 1.54) is 20.0 Å². The van der Waals surface area contributed by atoms with Crippen molar-refractivity contribution >= 4 is 28.9 Å². The van der Waals surface area contributed by atoms with Crippen molar-refractivity contribution in [3.63, 3.8) is 0 Å². The number of anilines is 3. The zero-order chi connectivity index (χ0) is 24.9. The Hall–Kier alpha value is -3.34. The van der Waals surface area contributed by atoms with E-state index in [-0.39, 0.29) is 31.5 Å². The van der Waals surface area contributed by atoms with E-state index in [1.807, 2.05) is 0 Å². The average molecular weight is 476 g/mol. The van der Waals surface area contributed by atoms with Crippen molar-refractivity contribution < 1.29 is 18.7 Å². The Morgan fingerprint density at radius 2 is 1.97 bits per heavy atom. The van der Waals surface area contributed by atoms with Gasteiger partial charge in [0.2, 0.25) is 0 Å². The highest BCUT2D eigenvalue weighted by atomic mass is 19.1. The van der Waals surface area contributed by atoms with Crippen molar-refractivity contribution in [3.8, 4) is 0 Å². The summed E-state index contributed by atoms with van der Waals surface area (Å²) in [6, 6.07) is 5.02. The third-order valence-corrected chi connectivity index (χ3v) is 5.61. The van der Waals surface area contributed by atoms with Crippen molar-refractivity contribution in [3.05, 3.63) is 42.4 Å². The second-order valence-corrected chi connectivity index (χ2v) is 8.75. The van der Waals surface area contributed by atoms with Crippen molar-refractivity contribution in [2.45, 2.75) is 58.0 Å². The molecular formula is C23H31F2N7O2. The first-order valence-corrected chi connectivity index (χ1v) is 11.2. The summed E-state index contributed by atoms with van der Waals surface area (Å²) in [6.07, 6.45) is 3.49. The number of fused-ring (bicyclic) bond motifs is 1. The Bertz CT molecular complexity index is 1130. The summed E-state index contributed by atoms with van der Waals surface area (Å²) in [6.45, 7) is 5.78. The number of pyridine rings is 1. The van der Waals surface area contributed by atoms with Crippen LogP contribution in [0.25, 0.3) is 5.65 Å². The monoisotopic (exact) mass is 475 g/mol. The minimum Gasteiger partial charge on any atom is -0.387 e. The van der Waals surface area contributed by atoms with Gasteiger partial charge in [0, 0.05) is 31.1 Å². The Morgan fingerprint density at radius 1 is 1.24 bits per heavy atom. The fourth-order valence-corrected chi connectivity index (χ4v) is 3.33. The molecule has 0 aliphatic rings. The Balaban J connectivity index is 1.80. The molecule has 184 valence electrons. The molecule has 3 rings (SSSR count). The Kier molecular flexibility index (Phi) is 7.65. The van der Waals surface area contributed by atoms with Crippen molar-refractivity contribution in [2.75, 3.05) is 23.7 Å². The van der Waals surface area contributed by atoms with E-state index in [1.54, 1.807) is 49.0 Å². The first-order valence-electron chi connectivity index (χ1n) is 11.2. The molecule has 34 heavy (non-hydrogen) atoms. The van der Waals surface area contributed by atoms with E-state index < -0.39 is 23.3 Å². The van der Waals surface area contributed by atoms with Gasteiger partial charge in [0.1, 0.15) is 23.5 Å². The number of alkyl halides is 2. The van der Waals surface area contributed by atoms with Gasteiger partial charge in [-0.2, -0.15) is 5.10 Å². The summed E-state index contributed by atoms with van der Waals surface area (Å²) < 4.78 is 30.3. The third-order valence-electron chi connectivity index (χ3n) is 5.61. The molecule has 4 N–H and O–H groups in total. The molecule has 3 heterocycles. The number of carbonyl (C=O) groups is 1. The van der Waals surface area contributed by atoms with Gasteiger partial charge in [0.05, 0.1) is 29.6 Å². The number of nitrogens with one attached hydrogen (secondary N) is 3. The van der Waals surface area contributed by atoms with Crippen LogP contribution in [-0.4, -0.2) is 61.1 Å². The van der Waals surface area contributed by atoms with Crippen molar-refractivity contribution in [2.24, 2.45) is 0 Å². The van der Waals surface area contributed by atoms with Gasteiger partial charge in [0.25, 0.3) is 5.91 Å². The van der Waals surface area contributed by atoms with E-state index in [0.29, 0.717) is 23.0 Å². The van der Waals surface area contributed by atoms with Crippen LogP contribution in [0.3, 0.4) is 0 Å². The molecule has 11 heteroatoms. The lowest BCUT2D eigenvalue weighted by atomic mass is 9.91. The number of aromatic nitrogens is 4. The number of hydrogen-bond donors (Lipinski definition) is 4. The molecular weight excluding hydrogens is 444 g/mol. The zero-order valence-electron chi connectivity index (χ0n) is 19.8. The second kappa shape index (κ2) is 10.3. The fraction of sp³-hybridized carbons (Fsp3) is 0.478. The number of nitrogens with zero attached hydrogens (tertiary/aromatic N) is 4. The van der Waals surface area contributed by atoms with E-state index in [9.17, 15) is 18.7 Å². The van der Waals surface area contributed by atoms with Gasteiger partial charge in [-0.3, -0.25) is 4.79 Å². The van der Waals surface area contributed by atoms with Crippen LogP contribution in [0.15, 0.2) is 36.8 Å². The molecule has 0 fully saturated rings. The lowest BCUT2D eigenvalue weighted by molar-refractivity contribution is -0.0399. The predicted molar refractivity (Wildman–Crippen MR) is 127 cm³/mol. The van der Waals surface area contributed by atoms with E-state index in [0.717, 1.165) is 0 Å². The lowest BCUT2D eigenvalue weighted by Gasteiger charge is -2.29. The van der Waals surface area contributed by atoms with E-state index in [2.05, 4.69) is 31.0 Å². The number of hydrogen-bond acceptors (Lipinski definition) is 7. The van der Waals surface area contributed by atoms with Crippen LogP contribution >= 0.6 is 0 Å². The second-order valence-electron chi connectivity index (χ2n) is 8.75. The fourth-order valence-electron chi connectivity index (χ4n) is 3.33. The van der Waals surface area contributed by atoms with E-state index >= 15 is 0 Å². The third kappa shape index (κ3) is 6.16. The molecule has 0 radical (unpaired) electrons. The quantitative estimate of drug-likeness (QED) is 0.335. The van der Waals surface area contributed by atoms with E-state index in [4.69, 9.17) is 0 Å². The van der Waals surface area contributed by atoms with Crippen LogP contribution in [0.2, 0.25) is 0 Å². The molecule has 0 aliphatic heterocycles. The highest BCUT2D eigenvalue weighted by molar-refractivity contribution is 5.99. The molecule has 0 spiro atoms. The number of carbonyl (C=O) groups excluding carboxylic acids is 1. The maximum Gasteiger partial charge on any atom is 0.255 e. The molecule has 3 aromatic heterocycles. The molecule has 0 saturated carbocycles. The van der Waals surface area contributed by atoms with Crippen LogP contribution in [-0.2, 0) is 0 Å². The Labute approximate surface area is 197 Å². The van der Waals surface area contributed by atoms with Crippen molar-refractivity contribution in [1.29, 1.82) is 0 Å². The van der Waals surface area contributed by atoms with Crippen LogP contribution in [0, 0.1) is 0 Å². The number of rotatable bonds is 11. The molecule has 0 aromatic carbocycles. The van der Waals surface area contributed by atoms with Crippen molar-refractivity contribution in [1.82, 2.24) is 24.9 Å². The first-order chi connectivity index (χ1) is 16.0. The normalized spacial score (nSPS) is 13.0. The summed E-state index contributed by atoms with van der Waals surface area (Å²) in [4.78, 5) is 21.5. The Morgan fingerprint density at radius 3 is 2.65 bits per heavy atom. The molecule has 3 aromatic rings. The smallest absolute Gasteiger partial charge is 0.255 e. The van der Waals surface area contributed by atoms with Gasteiger partial charge in [-0.1, -0.05) is 13.8 Å². The lowest BCUT2D eigenvalue weighted by Crippen LogP contribution is -2.45. The predicted octanol–water partition coefficient (Wildman–Crippen LogP) is 3.65. The summed E-state index contributed by atoms with van der Waals surface area (Å²) in [5, 5.41) is 22.9. The summed E-state index contributed by atoms with van der Waals surface area (Å²) in [5.41, 5.74) is -1.97. The van der Waals surface area contributed by atoms with Gasteiger partial charge in [-0.25, -0.2) is 23.3 Å². The molecule has 0 aliphatic carbocycles. The molecule has 9 nitrogen and oxygen atoms in total. The van der Waals surface area contributed by atoms with Crippen LogP contribution in [0.4, 0.5) is 26.1 Å². The molecule has 1 amide bonds.